The Morgan fingerprint density at radius 1 is 1.42 bits per heavy atom. The third-order valence-electron chi connectivity index (χ3n) is 2.66. The molecule has 0 radical (unpaired) electrons. The number of ether oxygens (including phenoxy) is 1. The van der Waals surface area contributed by atoms with Crippen molar-refractivity contribution in [1.82, 2.24) is 15.1 Å². The van der Waals surface area contributed by atoms with Crippen molar-refractivity contribution in [2.75, 3.05) is 6.54 Å². The van der Waals surface area contributed by atoms with Crippen LogP contribution in [0.15, 0.2) is 30.6 Å². The van der Waals surface area contributed by atoms with Gasteiger partial charge in [0.1, 0.15) is 0 Å². The molecule has 2 rings (SSSR count). The van der Waals surface area contributed by atoms with Crippen LogP contribution in [0.4, 0.5) is 4.39 Å². The van der Waals surface area contributed by atoms with E-state index in [1.54, 1.807) is 30.2 Å². The van der Waals surface area contributed by atoms with Gasteiger partial charge in [0, 0.05) is 13.6 Å². The molecule has 1 aromatic heterocycles. The van der Waals surface area contributed by atoms with Gasteiger partial charge < -0.3 is 10.1 Å². The molecule has 0 fully saturated rings. The summed E-state index contributed by atoms with van der Waals surface area (Å²) in [6.07, 6.45) is 4.30. The highest BCUT2D eigenvalue weighted by molar-refractivity contribution is 5.32. The number of rotatable bonds is 6. The third kappa shape index (κ3) is 3.79. The SMILES string of the molecule is CCCNCc1ccc(Oc2cnn(C)c2)c(F)c1. The monoisotopic (exact) mass is 263 g/mol. The second kappa shape index (κ2) is 6.33. The third-order valence-corrected chi connectivity index (χ3v) is 2.66. The predicted octanol–water partition coefficient (Wildman–Crippen LogP) is 2.85. The molecule has 5 heteroatoms. The highest BCUT2D eigenvalue weighted by atomic mass is 19.1. The summed E-state index contributed by atoms with van der Waals surface area (Å²) < 4.78 is 20.9. The Morgan fingerprint density at radius 3 is 2.89 bits per heavy atom. The molecule has 0 amide bonds. The van der Waals surface area contributed by atoms with Gasteiger partial charge in [-0.15, -0.1) is 0 Å². The predicted molar refractivity (Wildman–Crippen MR) is 71.7 cm³/mol. The first-order valence-electron chi connectivity index (χ1n) is 6.34. The van der Waals surface area contributed by atoms with E-state index in [0.29, 0.717) is 12.3 Å². The molecule has 0 unspecified atom stereocenters. The normalized spacial score (nSPS) is 10.7. The highest BCUT2D eigenvalue weighted by Gasteiger charge is 2.07. The maximum Gasteiger partial charge on any atom is 0.166 e. The van der Waals surface area contributed by atoms with Gasteiger partial charge in [0.15, 0.2) is 17.3 Å². The van der Waals surface area contributed by atoms with Crippen molar-refractivity contribution < 1.29 is 9.13 Å². The van der Waals surface area contributed by atoms with Crippen LogP contribution in [-0.2, 0) is 13.6 Å². The highest BCUT2D eigenvalue weighted by Crippen LogP contribution is 2.24. The number of aryl methyl sites for hydroxylation is 1. The number of nitrogens with one attached hydrogen (secondary N) is 1. The van der Waals surface area contributed by atoms with E-state index in [1.165, 1.54) is 6.07 Å². The van der Waals surface area contributed by atoms with Crippen molar-refractivity contribution in [3.05, 3.63) is 42.0 Å². The number of nitrogens with zero attached hydrogens (tertiary/aromatic N) is 2. The Balaban J connectivity index is 2.02. The maximum absolute atomic E-state index is 13.9. The zero-order chi connectivity index (χ0) is 13.7. The lowest BCUT2D eigenvalue weighted by molar-refractivity contribution is 0.441. The number of hydrogen-bond donors (Lipinski definition) is 1. The molecule has 1 N–H and O–H groups in total. The molecule has 102 valence electrons. The van der Waals surface area contributed by atoms with E-state index in [4.69, 9.17) is 4.74 Å². The maximum atomic E-state index is 13.9. The van der Waals surface area contributed by atoms with E-state index >= 15 is 0 Å². The number of halogens is 1. The molecule has 0 aliphatic heterocycles. The molecule has 2 aromatic rings. The van der Waals surface area contributed by atoms with Crippen LogP contribution < -0.4 is 10.1 Å². The minimum atomic E-state index is -0.361. The van der Waals surface area contributed by atoms with Crippen molar-refractivity contribution in [3.8, 4) is 11.5 Å². The molecule has 0 aliphatic rings. The molecule has 19 heavy (non-hydrogen) atoms. The molecule has 1 heterocycles. The van der Waals surface area contributed by atoms with Crippen molar-refractivity contribution in [2.45, 2.75) is 19.9 Å². The molecule has 0 aliphatic carbocycles. The standard InChI is InChI=1S/C14H18FN3O/c1-3-6-16-8-11-4-5-14(13(15)7-11)19-12-9-17-18(2)10-12/h4-5,7,9-10,16H,3,6,8H2,1-2H3. The molecule has 0 spiro atoms. The Morgan fingerprint density at radius 2 is 2.26 bits per heavy atom. The summed E-state index contributed by atoms with van der Waals surface area (Å²) in [4.78, 5) is 0. The zero-order valence-corrected chi connectivity index (χ0v) is 11.2. The van der Waals surface area contributed by atoms with Gasteiger partial charge in [0.25, 0.3) is 0 Å². The van der Waals surface area contributed by atoms with Crippen LogP contribution >= 0.6 is 0 Å². The van der Waals surface area contributed by atoms with E-state index in [2.05, 4.69) is 17.3 Å². The van der Waals surface area contributed by atoms with Crippen molar-refractivity contribution in [3.63, 3.8) is 0 Å². The van der Waals surface area contributed by atoms with Gasteiger partial charge in [-0.1, -0.05) is 13.0 Å². The van der Waals surface area contributed by atoms with E-state index in [9.17, 15) is 4.39 Å². The lowest BCUT2D eigenvalue weighted by Crippen LogP contribution is -2.13. The smallest absolute Gasteiger partial charge is 0.166 e. The zero-order valence-electron chi connectivity index (χ0n) is 11.2. The van der Waals surface area contributed by atoms with E-state index in [0.717, 1.165) is 18.5 Å². The van der Waals surface area contributed by atoms with Gasteiger partial charge >= 0.3 is 0 Å². The van der Waals surface area contributed by atoms with E-state index in [-0.39, 0.29) is 11.6 Å². The Hall–Kier alpha value is -1.88. The fourth-order valence-electron chi connectivity index (χ4n) is 1.73. The lowest BCUT2D eigenvalue weighted by Gasteiger charge is -2.07. The van der Waals surface area contributed by atoms with Crippen LogP contribution in [0.25, 0.3) is 0 Å². The summed E-state index contributed by atoms with van der Waals surface area (Å²) in [5.74, 6) is 0.380. The van der Waals surface area contributed by atoms with Crippen molar-refractivity contribution in [1.29, 1.82) is 0 Å². The average Bonchev–Trinajstić information content (AvgIpc) is 2.79. The van der Waals surface area contributed by atoms with E-state index in [1.807, 2.05) is 6.07 Å². The molecular formula is C14H18FN3O. The summed E-state index contributed by atoms with van der Waals surface area (Å²) in [5.41, 5.74) is 0.907. The molecule has 0 bridgehead atoms. The number of aromatic nitrogens is 2. The average molecular weight is 263 g/mol. The Bertz CT molecular complexity index is 539. The quantitative estimate of drug-likeness (QED) is 0.814. The minimum absolute atomic E-state index is 0.215. The fourth-order valence-corrected chi connectivity index (χ4v) is 1.73. The molecular weight excluding hydrogens is 245 g/mol. The first-order chi connectivity index (χ1) is 9.19. The summed E-state index contributed by atoms with van der Waals surface area (Å²) in [6, 6.07) is 5.00. The lowest BCUT2D eigenvalue weighted by atomic mass is 10.2. The van der Waals surface area contributed by atoms with Crippen LogP contribution in [0.3, 0.4) is 0 Å². The molecule has 4 nitrogen and oxygen atoms in total. The van der Waals surface area contributed by atoms with Crippen molar-refractivity contribution >= 4 is 0 Å². The number of benzene rings is 1. The van der Waals surface area contributed by atoms with E-state index < -0.39 is 0 Å². The molecule has 0 saturated heterocycles. The number of hydrogen-bond acceptors (Lipinski definition) is 3. The Kier molecular flexibility index (Phi) is 4.52. The topological polar surface area (TPSA) is 39.1 Å². The summed E-state index contributed by atoms with van der Waals surface area (Å²) in [7, 11) is 1.78. The molecule has 0 atom stereocenters. The second-order valence-electron chi connectivity index (χ2n) is 4.39. The van der Waals surface area contributed by atoms with Crippen molar-refractivity contribution in [2.24, 2.45) is 7.05 Å². The molecule has 1 aromatic carbocycles. The molecule has 0 saturated carbocycles. The van der Waals surface area contributed by atoms with Gasteiger partial charge in [0.05, 0.1) is 12.4 Å². The second-order valence-corrected chi connectivity index (χ2v) is 4.39. The van der Waals surface area contributed by atoms with Gasteiger partial charge in [-0.3, -0.25) is 4.68 Å². The summed E-state index contributed by atoms with van der Waals surface area (Å²) in [6.45, 7) is 3.69. The Labute approximate surface area is 112 Å². The van der Waals surface area contributed by atoms with Crippen LogP contribution in [0, 0.1) is 5.82 Å². The van der Waals surface area contributed by atoms with Crippen LogP contribution in [0.5, 0.6) is 11.5 Å². The van der Waals surface area contributed by atoms with Crippen LogP contribution in [0.1, 0.15) is 18.9 Å². The minimum Gasteiger partial charge on any atom is -0.451 e. The fraction of sp³-hybridized carbons (Fsp3) is 0.357. The van der Waals surface area contributed by atoms with Crippen LogP contribution in [0.2, 0.25) is 0 Å². The summed E-state index contributed by atoms with van der Waals surface area (Å²) >= 11 is 0. The largest absolute Gasteiger partial charge is 0.451 e. The van der Waals surface area contributed by atoms with Gasteiger partial charge in [-0.2, -0.15) is 5.10 Å². The first-order valence-corrected chi connectivity index (χ1v) is 6.34. The van der Waals surface area contributed by atoms with Gasteiger partial charge in [-0.05, 0) is 30.7 Å². The summed E-state index contributed by atoms with van der Waals surface area (Å²) in [5, 5.41) is 7.20. The van der Waals surface area contributed by atoms with Gasteiger partial charge in [-0.25, -0.2) is 4.39 Å². The van der Waals surface area contributed by atoms with Gasteiger partial charge in [0.2, 0.25) is 0 Å². The first kappa shape index (κ1) is 13.5. The van der Waals surface area contributed by atoms with Crippen LogP contribution in [-0.4, -0.2) is 16.3 Å².